The number of rotatable bonds is 4. The van der Waals surface area contributed by atoms with E-state index in [1.165, 1.54) is 0 Å². The minimum Gasteiger partial charge on any atom is -1.00 e. The first-order valence-electron chi connectivity index (χ1n) is 6.42. The van der Waals surface area contributed by atoms with Crippen LogP contribution in [0.25, 0.3) is 0 Å². The summed E-state index contributed by atoms with van der Waals surface area (Å²) in [4.78, 5) is 0. The van der Waals surface area contributed by atoms with E-state index in [0.717, 1.165) is 0 Å². The van der Waals surface area contributed by atoms with Crippen LogP contribution in [-0.4, -0.2) is 34.2 Å². The molecule has 0 spiro atoms. The third kappa shape index (κ3) is 13.2. The van der Waals surface area contributed by atoms with Crippen LogP contribution < -0.4 is 74.4 Å². The molecule has 27 heavy (non-hydrogen) atoms. The second kappa shape index (κ2) is 17.7. The van der Waals surface area contributed by atoms with Crippen LogP contribution in [0.5, 0.6) is 0 Å². The minimum atomic E-state index is -2.60. The average Bonchev–Trinajstić information content (AvgIpc) is 2.36. The van der Waals surface area contributed by atoms with Gasteiger partial charge in [0, 0.05) is 0 Å². The van der Waals surface area contributed by atoms with Gasteiger partial charge in [-0.25, -0.2) is 0 Å². The Labute approximate surface area is 221 Å². The van der Waals surface area contributed by atoms with Gasteiger partial charge in [0.25, 0.3) is 0 Å². The molecule has 0 aromatic rings. The Morgan fingerprint density at radius 3 is 0.667 bits per heavy atom. The van der Waals surface area contributed by atoms with E-state index in [9.17, 15) is 0 Å². The van der Waals surface area contributed by atoms with Crippen molar-refractivity contribution >= 4 is 34.2 Å². The topological polar surface area (TPSA) is 36.9 Å². The minimum absolute atomic E-state index is 0. The van der Waals surface area contributed by atoms with Gasteiger partial charge in [-0.2, -0.15) is 0 Å². The normalized spacial score (nSPS) is 33.9. The summed E-state index contributed by atoms with van der Waals surface area (Å²) in [5.41, 5.74) is 7.01. The maximum atomic E-state index is 6.25. The molecule has 1 fully saturated rings. The summed E-state index contributed by atoms with van der Waals surface area (Å²) in [6, 6.07) is 0. The molecule has 15 heteroatoms. The number of halogens is 6. The molecular weight excluding hydrogens is 728 g/mol. The van der Waals surface area contributed by atoms with Gasteiger partial charge in [-0.1, -0.05) is 22.8 Å². The molecule has 0 aliphatic carbocycles. The quantitative estimate of drug-likeness (QED) is 0.268. The van der Waals surface area contributed by atoms with Gasteiger partial charge in [-0.3, -0.25) is 0 Å². The summed E-state index contributed by atoms with van der Waals surface area (Å²) >= 11 is 0. The van der Waals surface area contributed by atoms with Crippen LogP contribution in [0.3, 0.4) is 0 Å². The van der Waals surface area contributed by atoms with Crippen LogP contribution in [0.15, 0.2) is 49.1 Å². The van der Waals surface area contributed by atoms with Crippen LogP contribution >= 0.6 is 0 Å². The number of hydrogen-bond acceptors (Lipinski definition) is 4. The molecule has 166 valence electrons. The fourth-order valence-electron chi connectivity index (χ4n) is 2.03. The molecule has 1 heterocycles. The van der Waals surface area contributed by atoms with Crippen LogP contribution in [0.1, 0.15) is 1.43 Å². The van der Waals surface area contributed by atoms with Crippen molar-refractivity contribution in [3.05, 3.63) is 49.1 Å². The molecule has 1 aliphatic rings. The van der Waals surface area contributed by atoms with Gasteiger partial charge in [-0.05, 0) is 26.2 Å². The second-order valence-corrected chi connectivity index (χ2v) is 18.3. The molecular formula is C12H25Cl6O4PtSi4-. The molecule has 0 bridgehead atoms. The molecule has 0 aromatic carbocycles. The summed E-state index contributed by atoms with van der Waals surface area (Å²) in [6.45, 7) is 23.2. The Hall–Kier alpha value is 2.10. The molecule has 1 saturated heterocycles. The molecule has 0 unspecified atom stereocenters. The Bertz CT molecular complexity index is 382. The summed E-state index contributed by atoms with van der Waals surface area (Å²) in [5.74, 6) is 0. The maximum Gasteiger partial charge on any atom is 4.00 e. The zero-order valence-corrected chi connectivity index (χ0v) is 26.2. The van der Waals surface area contributed by atoms with Crippen molar-refractivity contribution in [2.45, 2.75) is 26.2 Å². The van der Waals surface area contributed by atoms with Gasteiger partial charge in [-0.15, -0.1) is 26.3 Å². The van der Waals surface area contributed by atoms with Gasteiger partial charge >= 0.3 is 56.7 Å². The molecule has 0 N–H and O–H groups in total. The SMILES string of the molecule is C=C[Si]1(C)O[Si](C)(C=C)O[Si](C)(C=C)O[Si](C)(C=C)O1.[Cl-].[Cl-].[Cl-].[Cl-].[Cl-].[Cl-].[H+].[Pt+4]. The molecule has 0 atom stereocenters. The molecule has 4 nitrogen and oxygen atoms in total. The summed E-state index contributed by atoms with van der Waals surface area (Å²) < 4.78 is 25.0. The van der Waals surface area contributed by atoms with E-state index in [-0.39, 0.29) is 96.9 Å². The predicted octanol–water partition coefficient (Wildman–Crippen LogP) is -14.6. The van der Waals surface area contributed by atoms with E-state index < -0.39 is 34.2 Å². The van der Waals surface area contributed by atoms with E-state index >= 15 is 0 Å². The summed E-state index contributed by atoms with van der Waals surface area (Å²) in [6.07, 6.45) is 0. The van der Waals surface area contributed by atoms with Crippen molar-refractivity contribution in [3.63, 3.8) is 0 Å². The fraction of sp³-hybridized carbons (Fsp3) is 0.333. The molecule has 0 radical (unpaired) electrons. The molecule has 1 aliphatic heterocycles. The smallest absolute Gasteiger partial charge is 1.00 e. The van der Waals surface area contributed by atoms with Crippen molar-refractivity contribution < 1.29 is 113 Å². The third-order valence-electron chi connectivity index (χ3n) is 3.10. The Morgan fingerprint density at radius 1 is 0.481 bits per heavy atom. The van der Waals surface area contributed by atoms with Crippen molar-refractivity contribution in [2.75, 3.05) is 0 Å². The first-order chi connectivity index (χ1) is 9.07. The summed E-state index contributed by atoms with van der Waals surface area (Å²) in [7, 11) is -10.4. The van der Waals surface area contributed by atoms with Crippen LogP contribution in [0, 0.1) is 0 Å². The zero-order chi connectivity index (χ0) is 15.7. The molecule has 0 aromatic heterocycles. The average molecular weight is 753 g/mol. The number of hydrogen-bond donors (Lipinski definition) is 0. The first kappa shape index (κ1) is 47.0. The zero-order valence-electron chi connectivity index (χ0n) is 16.4. The van der Waals surface area contributed by atoms with E-state index in [0.29, 0.717) is 0 Å². The van der Waals surface area contributed by atoms with Crippen LogP contribution in [0.2, 0.25) is 26.2 Å². The van der Waals surface area contributed by atoms with E-state index in [2.05, 4.69) is 26.3 Å². The van der Waals surface area contributed by atoms with E-state index in [1.807, 2.05) is 26.2 Å². The molecule has 0 saturated carbocycles. The van der Waals surface area contributed by atoms with Crippen molar-refractivity contribution in [3.8, 4) is 0 Å². The van der Waals surface area contributed by atoms with E-state index in [4.69, 9.17) is 16.5 Å². The van der Waals surface area contributed by atoms with Gasteiger partial charge in [0.1, 0.15) is 0 Å². The van der Waals surface area contributed by atoms with Crippen molar-refractivity contribution in [1.29, 1.82) is 0 Å². The predicted molar refractivity (Wildman–Crippen MR) is 92.7 cm³/mol. The molecule has 0 amide bonds. The van der Waals surface area contributed by atoms with Crippen molar-refractivity contribution in [1.82, 2.24) is 0 Å². The van der Waals surface area contributed by atoms with Gasteiger partial charge < -0.3 is 90.9 Å². The van der Waals surface area contributed by atoms with Gasteiger partial charge in [0.2, 0.25) is 0 Å². The van der Waals surface area contributed by atoms with Crippen LogP contribution in [0.4, 0.5) is 0 Å². The Balaban J connectivity index is -0.0000000833. The third-order valence-corrected chi connectivity index (χ3v) is 19.0. The standard InChI is InChI=1S/C12H24O4Si4.6ClH.Pt/c1-9-17(5)13-18(6,10-2)15-20(8,12-4)16-19(7,11-3)14-17;;;;;;;/h9-12H,1-4H2,5-8H3;6*1H;/q;;;;;;;+4/p-5. The van der Waals surface area contributed by atoms with Crippen LogP contribution in [-0.2, 0) is 37.5 Å². The van der Waals surface area contributed by atoms with Gasteiger partial charge in [0.15, 0.2) is 0 Å². The Morgan fingerprint density at radius 2 is 0.593 bits per heavy atom. The largest absolute Gasteiger partial charge is 4.00 e. The monoisotopic (exact) mass is 750 g/mol. The summed E-state index contributed by atoms with van der Waals surface area (Å²) in [5, 5.41) is 0. The first-order valence-corrected chi connectivity index (χ1v) is 16.0. The van der Waals surface area contributed by atoms with Gasteiger partial charge in [0.05, 0.1) is 0 Å². The van der Waals surface area contributed by atoms with E-state index in [1.54, 1.807) is 22.8 Å². The second-order valence-electron chi connectivity index (χ2n) is 5.29. The molecule has 1 rings (SSSR count). The van der Waals surface area contributed by atoms with Crippen molar-refractivity contribution in [2.24, 2.45) is 0 Å². The maximum absolute atomic E-state index is 6.25. The fourth-order valence-corrected chi connectivity index (χ4v) is 19.7. The Kier molecular flexibility index (Phi) is 30.9.